The fraction of sp³-hybridized carbons (Fsp3) is 0.667. The van der Waals surface area contributed by atoms with Gasteiger partial charge in [-0.15, -0.1) is 0 Å². The van der Waals surface area contributed by atoms with E-state index < -0.39 is 0 Å². The van der Waals surface area contributed by atoms with E-state index in [9.17, 15) is 0 Å². The van der Waals surface area contributed by atoms with Crippen LogP contribution in [0.2, 0.25) is 0 Å². The highest BCUT2D eigenvalue weighted by atomic mass is 15.2. The van der Waals surface area contributed by atoms with E-state index in [4.69, 9.17) is 0 Å². The summed E-state index contributed by atoms with van der Waals surface area (Å²) in [6.07, 6.45) is 9.30. The van der Waals surface area contributed by atoms with Crippen LogP contribution in [0.3, 0.4) is 0 Å². The molecular formula is C12H21N2. The Bertz CT molecular complexity index is 238. The van der Waals surface area contributed by atoms with Gasteiger partial charge in [0.25, 0.3) is 0 Å². The first-order chi connectivity index (χ1) is 6.77. The molecule has 0 amide bonds. The molecule has 1 rings (SSSR count). The quantitative estimate of drug-likeness (QED) is 0.678. The molecule has 14 heavy (non-hydrogen) atoms. The van der Waals surface area contributed by atoms with Gasteiger partial charge in [0.15, 0.2) is 0 Å². The van der Waals surface area contributed by atoms with Gasteiger partial charge in [0, 0.05) is 6.20 Å². The zero-order chi connectivity index (χ0) is 10.4. The molecule has 0 spiro atoms. The van der Waals surface area contributed by atoms with E-state index in [1.165, 1.54) is 36.9 Å². The maximum atomic E-state index is 4.41. The first kappa shape index (κ1) is 11.3. The maximum Gasteiger partial charge on any atom is 0.0656 e. The van der Waals surface area contributed by atoms with Crippen molar-refractivity contribution in [1.29, 1.82) is 0 Å². The van der Waals surface area contributed by atoms with Crippen molar-refractivity contribution in [2.45, 2.75) is 52.4 Å². The minimum absolute atomic E-state index is 1.11. The molecule has 2 heteroatoms. The summed E-state index contributed by atoms with van der Waals surface area (Å²) in [6.45, 7) is 4.44. The van der Waals surface area contributed by atoms with Gasteiger partial charge in [0.05, 0.1) is 12.7 Å². The third-order valence-electron chi connectivity index (χ3n) is 2.49. The number of rotatable bonds is 6. The van der Waals surface area contributed by atoms with Crippen LogP contribution in [0.15, 0.2) is 6.20 Å². The molecule has 0 bridgehead atoms. The van der Waals surface area contributed by atoms with E-state index in [-0.39, 0.29) is 0 Å². The van der Waals surface area contributed by atoms with Crippen molar-refractivity contribution < 1.29 is 0 Å². The molecule has 0 aliphatic rings. The lowest BCUT2D eigenvalue weighted by Crippen LogP contribution is -1.93. The largest absolute Gasteiger partial charge is 0.270 e. The number of aromatic nitrogens is 2. The molecule has 0 saturated carbocycles. The summed E-state index contributed by atoms with van der Waals surface area (Å²) < 4.78 is 1.70. The average Bonchev–Trinajstić information content (AvgIpc) is 2.52. The van der Waals surface area contributed by atoms with Crippen molar-refractivity contribution in [3.63, 3.8) is 0 Å². The zero-order valence-electron chi connectivity index (χ0n) is 9.42. The second-order valence-electron chi connectivity index (χ2n) is 3.85. The molecule has 0 aliphatic heterocycles. The van der Waals surface area contributed by atoms with Gasteiger partial charge in [-0.05, 0) is 31.2 Å². The number of nitrogens with zero attached hydrogens (tertiary/aromatic N) is 2. The van der Waals surface area contributed by atoms with Crippen LogP contribution in [0.25, 0.3) is 0 Å². The predicted octanol–water partition coefficient (Wildman–Crippen LogP) is 3.21. The van der Waals surface area contributed by atoms with Crippen LogP contribution >= 0.6 is 0 Å². The Balaban J connectivity index is 2.60. The number of unbranched alkanes of at least 4 members (excludes halogenated alkanes) is 2. The molecule has 0 fully saturated rings. The molecule has 1 aromatic rings. The number of hydrogen-bond acceptors (Lipinski definition) is 1. The average molecular weight is 193 g/mol. The lowest BCUT2D eigenvalue weighted by Gasteiger charge is -1.99. The van der Waals surface area contributed by atoms with Crippen molar-refractivity contribution in [3.05, 3.63) is 24.5 Å². The van der Waals surface area contributed by atoms with E-state index in [1.807, 2.05) is 0 Å². The standard InChI is InChI=1S/C12H21N2/c1-4-6-8-11-10-14(3)13-12(11)9-7-5-2/h10H,3-9H2,1-2H3. The van der Waals surface area contributed by atoms with Crippen molar-refractivity contribution in [1.82, 2.24) is 9.78 Å². The van der Waals surface area contributed by atoms with Crippen LogP contribution in [-0.4, -0.2) is 9.78 Å². The molecular weight excluding hydrogens is 172 g/mol. The Morgan fingerprint density at radius 3 is 2.50 bits per heavy atom. The first-order valence-corrected chi connectivity index (χ1v) is 5.66. The maximum absolute atomic E-state index is 4.41. The second kappa shape index (κ2) is 5.84. The molecule has 79 valence electrons. The summed E-state index contributed by atoms with van der Waals surface area (Å²) >= 11 is 0. The minimum atomic E-state index is 1.11. The summed E-state index contributed by atoms with van der Waals surface area (Å²) in [6, 6.07) is 0. The van der Waals surface area contributed by atoms with Crippen molar-refractivity contribution in [2.24, 2.45) is 0 Å². The summed E-state index contributed by atoms with van der Waals surface area (Å²) in [7, 11) is 3.82. The van der Waals surface area contributed by atoms with Crippen LogP contribution in [0.1, 0.15) is 50.8 Å². The van der Waals surface area contributed by atoms with Gasteiger partial charge in [-0.1, -0.05) is 26.7 Å². The smallest absolute Gasteiger partial charge is 0.0656 e. The van der Waals surface area contributed by atoms with E-state index in [0.717, 1.165) is 12.8 Å². The van der Waals surface area contributed by atoms with Crippen molar-refractivity contribution in [2.75, 3.05) is 0 Å². The van der Waals surface area contributed by atoms with E-state index in [0.29, 0.717) is 0 Å². The summed E-state index contributed by atoms with van der Waals surface area (Å²) in [5.41, 5.74) is 2.66. The minimum Gasteiger partial charge on any atom is -0.270 e. The van der Waals surface area contributed by atoms with Crippen LogP contribution in [0.5, 0.6) is 0 Å². The van der Waals surface area contributed by atoms with Gasteiger partial charge in [0.2, 0.25) is 0 Å². The van der Waals surface area contributed by atoms with E-state index in [2.05, 4.69) is 32.2 Å². The number of hydrogen-bond donors (Lipinski definition) is 0. The highest BCUT2D eigenvalue weighted by Gasteiger charge is 2.06. The third kappa shape index (κ3) is 3.17. The summed E-state index contributed by atoms with van der Waals surface area (Å²) in [5, 5.41) is 4.41. The van der Waals surface area contributed by atoms with Crippen LogP contribution < -0.4 is 0 Å². The molecule has 2 nitrogen and oxygen atoms in total. The summed E-state index contributed by atoms with van der Waals surface area (Å²) in [5.74, 6) is 0. The Hall–Kier alpha value is -0.790. The molecule has 0 aliphatic carbocycles. The molecule has 1 heterocycles. The zero-order valence-corrected chi connectivity index (χ0v) is 9.42. The first-order valence-electron chi connectivity index (χ1n) is 5.66. The Labute approximate surface area is 87.3 Å². The molecule has 0 aromatic carbocycles. The normalized spacial score (nSPS) is 10.8. The van der Waals surface area contributed by atoms with Crippen LogP contribution in [0, 0.1) is 7.05 Å². The lowest BCUT2D eigenvalue weighted by atomic mass is 10.1. The fourth-order valence-corrected chi connectivity index (χ4v) is 1.63. The molecule has 0 unspecified atom stereocenters. The van der Waals surface area contributed by atoms with E-state index >= 15 is 0 Å². The molecule has 1 aromatic heterocycles. The van der Waals surface area contributed by atoms with Crippen LogP contribution in [0.4, 0.5) is 0 Å². The fourth-order valence-electron chi connectivity index (χ4n) is 1.63. The predicted molar refractivity (Wildman–Crippen MR) is 60.2 cm³/mol. The highest BCUT2D eigenvalue weighted by Crippen LogP contribution is 2.13. The Morgan fingerprint density at radius 1 is 1.21 bits per heavy atom. The topological polar surface area (TPSA) is 17.8 Å². The van der Waals surface area contributed by atoms with Crippen molar-refractivity contribution >= 4 is 0 Å². The SMILES string of the molecule is [CH2]n1cc(CCCC)c(CCCC)n1. The van der Waals surface area contributed by atoms with Gasteiger partial charge in [0.1, 0.15) is 0 Å². The molecule has 0 N–H and O–H groups in total. The lowest BCUT2D eigenvalue weighted by molar-refractivity contribution is 0.736. The number of aryl methyl sites for hydroxylation is 2. The Morgan fingerprint density at radius 2 is 1.86 bits per heavy atom. The van der Waals surface area contributed by atoms with Gasteiger partial charge in [-0.25, -0.2) is 0 Å². The Kier molecular flexibility index (Phi) is 4.71. The monoisotopic (exact) mass is 193 g/mol. The molecule has 0 saturated heterocycles. The summed E-state index contributed by atoms with van der Waals surface area (Å²) in [4.78, 5) is 0. The highest BCUT2D eigenvalue weighted by molar-refractivity contribution is 5.17. The van der Waals surface area contributed by atoms with Gasteiger partial charge < -0.3 is 0 Å². The molecule has 0 atom stereocenters. The van der Waals surface area contributed by atoms with Gasteiger partial charge in [-0.2, -0.15) is 5.10 Å². The van der Waals surface area contributed by atoms with Crippen molar-refractivity contribution in [3.8, 4) is 0 Å². The second-order valence-corrected chi connectivity index (χ2v) is 3.85. The molecule has 1 radical (unpaired) electrons. The van der Waals surface area contributed by atoms with E-state index in [1.54, 1.807) is 4.68 Å². The van der Waals surface area contributed by atoms with Gasteiger partial charge >= 0.3 is 0 Å². The van der Waals surface area contributed by atoms with Gasteiger partial charge in [-0.3, -0.25) is 4.68 Å². The van der Waals surface area contributed by atoms with Crippen LogP contribution in [-0.2, 0) is 12.8 Å². The third-order valence-corrected chi connectivity index (χ3v) is 2.49.